The van der Waals surface area contributed by atoms with Gasteiger partial charge in [0.05, 0.1) is 7.11 Å². The smallest absolute Gasteiger partial charge is 0.254 e. The zero-order valence-electron chi connectivity index (χ0n) is 16.5. The van der Waals surface area contributed by atoms with Gasteiger partial charge in [0.25, 0.3) is 5.91 Å². The molecule has 2 fully saturated rings. The van der Waals surface area contributed by atoms with Crippen LogP contribution >= 0.6 is 0 Å². The molecule has 28 heavy (non-hydrogen) atoms. The minimum atomic E-state index is 0.129. The fourth-order valence-electron chi connectivity index (χ4n) is 4.25. The molecule has 0 saturated carbocycles. The number of carbonyl (C=O) groups is 1. The Morgan fingerprint density at radius 2 is 1.71 bits per heavy atom. The van der Waals surface area contributed by atoms with Crippen molar-refractivity contribution in [2.45, 2.75) is 18.9 Å². The van der Waals surface area contributed by atoms with Gasteiger partial charge in [-0.1, -0.05) is 0 Å². The first-order valence-electron chi connectivity index (χ1n) is 10.1. The molecular formula is C22H28N4O2. The number of likely N-dealkylation sites (tertiary alicyclic amines) is 1. The average Bonchev–Trinajstić information content (AvgIpc) is 2.79. The van der Waals surface area contributed by atoms with Gasteiger partial charge in [0.15, 0.2) is 0 Å². The second-order valence-corrected chi connectivity index (χ2v) is 7.50. The van der Waals surface area contributed by atoms with Gasteiger partial charge in [0.2, 0.25) is 0 Å². The van der Waals surface area contributed by atoms with E-state index in [0.717, 1.165) is 57.0 Å². The third-order valence-corrected chi connectivity index (χ3v) is 5.88. The number of anilines is 1. The monoisotopic (exact) mass is 380 g/mol. The number of pyridine rings is 1. The largest absolute Gasteiger partial charge is 0.497 e. The lowest BCUT2D eigenvalue weighted by molar-refractivity contribution is 0.0563. The molecule has 3 heterocycles. The number of amides is 1. The molecule has 2 aliphatic heterocycles. The molecule has 0 aliphatic carbocycles. The van der Waals surface area contributed by atoms with Gasteiger partial charge in [-0.15, -0.1) is 0 Å². The molecule has 0 bridgehead atoms. The summed E-state index contributed by atoms with van der Waals surface area (Å²) in [4.78, 5) is 23.8. The van der Waals surface area contributed by atoms with Gasteiger partial charge in [-0.25, -0.2) is 0 Å². The summed E-state index contributed by atoms with van der Waals surface area (Å²) in [6.07, 6.45) is 5.61. The molecule has 0 N–H and O–H groups in total. The summed E-state index contributed by atoms with van der Waals surface area (Å²) >= 11 is 0. The number of aromatic nitrogens is 1. The second kappa shape index (κ2) is 8.61. The van der Waals surface area contributed by atoms with Crippen LogP contribution in [0, 0.1) is 0 Å². The highest BCUT2D eigenvalue weighted by Gasteiger charge is 2.30. The molecule has 0 radical (unpaired) electrons. The van der Waals surface area contributed by atoms with Gasteiger partial charge in [-0.3, -0.25) is 14.7 Å². The number of piperazine rings is 1. The first kappa shape index (κ1) is 18.7. The molecule has 148 valence electrons. The number of rotatable bonds is 4. The van der Waals surface area contributed by atoms with E-state index in [1.165, 1.54) is 12.1 Å². The highest BCUT2D eigenvalue weighted by Crippen LogP contribution is 2.23. The molecule has 0 spiro atoms. The van der Waals surface area contributed by atoms with Crippen molar-refractivity contribution in [2.24, 2.45) is 0 Å². The van der Waals surface area contributed by atoms with Crippen molar-refractivity contribution in [1.29, 1.82) is 0 Å². The number of benzene rings is 1. The van der Waals surface area contributed by atoms with Gasteiger partial charge < -0.3 is 14.5 Å². The van der Waals surface area contributed by atoms with Crippen molar-refractivity contribution in [3.05, 3.63) is 54.4 Å². The Morgan fingerprint density at radius 3 is 2.39 bits per heavy atom. The Bertz CT molecular complexity index is 773. The molecule has 6 heteroatoms. The van der Waals surface area contributed by atoms with Crippen LogP contribution in [0.1, 0.15) is 23.2 Å². The lowest BCUT2D eigenvalue weighted by Crippen LogP contribution is -2.55. The zero-order chi connectivity index (χ0) is 19.3. The normalized spacial score (nSPS) is 20.8. The van der Waals surface area contributed by atoms with Crippen LogP contribution in [0.25, 0.3) is 0 Å². The van der Waals surface area contributed by atoms with E-state index in [9.17, 15) is 4.79 Å². The maximum atomic E-state index is 12.8. The fraction of sp³-hybridized carbons (Fsp3) is 0.455. The molecule has 1 amide bonds. The van der Waals surface area contributed by atoms with E-state index in [2.05, 4.69) is 26.9 Å². The number of methoxy groups -OCH3 is 1. The molecule has 4 rings (SSSR count). The molecule has 6 nitrogen and oxygen atoms in total. The predicted octanol–water partition coefficient (Wildman–Crippen LogP) is 2.52. The second-order valence-electron chi connectivity index (χ2n) is 7.50. The SMILES string of the molecule is COc1ccc(N2CCN([C@@H]3CCCN(C(=O)c4ccncc4)C3)CC2)cc1. The third kappa shape index (κ3) is 4.12. The number of ether oxygens (including phenoxy) is 1. The predicted molar refractivity (Wildman–Crippen MR) is 110 cm³/mol. The Balaban J connectivity index is 1.33. The highest BCUT2D eigenvalue weighted by molar-refractivity contribution is 5.94. The van der Waals surface area contributed by atoms with Crippen LogP contribution in [0.15, 0.2) is 48.8 Å². The first-order valence-corrected chi connectivity index (χ1v) is 10.1. The Kier molecular flexibility index (Phi) is 5.76. The first-order chi connectivity index (χ1) is 13.7. The molecule has 1 aromatic carbocycles. The molecule has 2 saturated heterocycles. The highest BCUT2D eigenvalue weighted by atomic mass is 16.5. The summed E-state index contributed by atoms with van der Waals surface area (Å²) in [5.74, 6) is 1.02. The van der Waals surface area contributed by atoms with Crippen molar-refractivity contribution < 1.29 is 9.53 Å². The fourth-order valence-corrected chi connectivity index (χ4v) is 4.25. The van der Waals surface area contributed by atoms with Crippen LogP contribution < -0.4 is 9.64 Å². The summed E-state index contributed by atoms with van der Waals surface area (Å²) in [6, 6.07) is 12.4. The quantitative estimate of drug-likeness (QED) is 0.816. The molecule has 0 unspecified atom stereocenters. The van der Waals surface area contributed by atoms with Crippen LogP contribution in [-0.4, -0.2) is 73.1 Å². The maximum Gasteiger partial charge on any atom is 0.254 e. The minimum Gasteiger partial charge on any atom is -0.497 e. The van der Waals surface area contributed by atoms with Gasteiger partial charge in [-0.2, -0.15) is 0 Å². The Labute approximate surface area is 166 Å². The number of carbonyl (C=O) groups excluding carboxylic acids is 1. The van der Waals surface area contributed by atoms with Gasteiger partial charge >= 0.3 is 0 Å². The van der Waals surface area contributed by atoms with Crippen LogP contribution in [0.5, 0.6) is 5.75 Å². The van der Waals surface area contributed by atoms with E-state index in [4.69, 9.17) is 4.74 Å². The lowest BCUT2D eigenvalue weighted by Gasteiger charge is -2.44. The Morgan fingerprint density at radius 1 is 1.00 bits per heavy atom. The number of nitrogens with zero attached hydrogens (tertiary/aromatic N) is 4. The van der Waals surface area contributed by atoms with Gasteiger partial charge in [0.1, 0.15) is 5.75 Å². The van der Waals surface area contributed by atoms with Crippen molar-refractivity contribution in [1.82, 2.24) is 14.8 Å². The lowest BCUT2D eigenvalue weighted by atomic mass is 10.0. The third-order valence-electron chi connectivity index (χ3n) is 5.88. The van der Waals surface area contributed by atoms with Crippen LogP contribution in [0.3, 0.4) is 0 Å². The van der Waals surface area contributed by atoms with Crippen LogP contribution in [0.2, 0.25) is 0 Å². The maximum absolute atomic E-state index is 12.8. The van der Waals surface area contributed by atoms with E-state index in [1.54, 1.807) is 31.6 Å². The van der Waals surface area contributed by atoms with Crippen molar-refractivity contribution >= 4 is 11.6 Å². The van der Waals surface area contributed by atoms with E-state index in [-0.39, 0.29) is 5.91 Å². The standard InChI is InChI=1S/C22H28N4O2/c1-28-21-6-4-19(5-7-21)24-13-15-25(16-14-24)20-3-2-12-26(17-20)22(27)18-8-10-23-11-9-18/h4-11,20H,2-3,12-17H2,1H3/t20-/m1/s1. The Hall–Kier alpha value is -2.60. The van der Waals surface area contributed by atoms with Crippen molar-refractivity contribution in [2.75, 3.05) is 51.3 Å². The minimum absolute atomic E-state index is 0.129. The summed E-state index contributed by atoms with van der Waals surface area (Å²) in [7, 11) is 1.70. The number of hydrogen-bond acceptors (Lipinski definition) is 5. The summed E-state index contributed by atoms with van der Waals surface area (Å²) < 4.78 is 5.25. The topological polar surface area (TPSA) is 48.9 Å². The molecule has 1 atom stereocenters. The summed E-state index contributed by atoms with van der Waals surface area (Å²) in [5, 5.41) is 0. The van der Waals surface area contributed by atoms with Crippen molar-refractivity contribution in [3.63, 3.8) is 0 Å². The molecule has 2 aromatic rings. The van der Waals surface area contributed by atoms with Gasteiger partial charge in [-0.05, 0) is 49.2 Å². The zero-order valence-corrected chi connectivity index (χ0v) is 16.5. The number of hydrogen-bond donors (Lipinski definition) is 0. The van der Waals surface area contributed by atoms with Crippen LogP contribution in [0.4, 0.5) is 5.69 Å². The van der Waals surface area contributed by atoms with Crippen LogP contribution in [-0.2, 0) is 0 Å². The average molecular weight is 380 g/mol. The molecule has 2 aliphatic rings. The van der Waals surface area contributed by atoms with E-state index >= 15 is 0 Å². The number of piperidine rings is 1. The molecular weight excluding hydrogens is 352 g/mol. The van der Waals surface area contributed by atoms with E-state index < -0.39 is 0 Å². The van der Waals surface area contributed by atoms with Crippen molar-refractivity contribution in [3.8, 4) is 5.75 Å². The van der Waals surface area contributed by atoms with E-state index in [0.29, 0.717) is 6.04 Å². The summed E-state index contributed by atoms with van der Waals surface area (Å²) in [5.41, 5.74) is 1.98. The van der Waals surface area contributed by atoms with E-state index in [1.807, 2.05) is 17.0 Å². The summed E-state index contributed by atoms with van der Waals surface area (Å²) in [6.45, 7) is 5.78. The molecule has 1 aromatic heterocycles. The van der Waals surface area contributed by atoms with Gasteiger partial charge in [0, 0.05) is 69.0 Å².